The molecule has 0 saturated carbocycles. The van der Waals surface area contributed by atoms with Crippen LogP contribution in [0.5, 0.6) is 5.75 Å². The van der Waals surface area contributed by atoms with E-state index in [-0.39, 0.29) is 6.03 Å². The highest BCUT2D eigenvalue weighted by atomic mass is 16.5. The lowest BCUT2D eigenvalue weighted by Crippen LogP contribution is -2.49. The SMILES string of the molecule is CCC1CCCNC1CNC(=O)Nc1cccc(OC)c1. The number of ether oxygens (including phenoxy) is 1. The molecule has 3 N–H and O–H groups in total. The Morgan fingerprint density at radius 2 is 2.33 bits per heavy atom. The van der Waals surface area contributed by atoms with E-state index in [4.69, 9.17) is 4.74 Å². The van der Waals surface area contributed by atoms with Crippen molar-refractivity contribution in [1.82, 2.24) is 10.6 Å². The minimum atomic E-state index is -0.175. The third kappa shape index (κ3) is 4.63. The van der Waals surface area contributed by atoms with Crippen LogP contribution in [-0.4, -0.2) is 32.3 Å². The molecule has 5 nitrogen and oxygen atoms in total. The highest BCUT2D eigenvalue weighted by molar-refractivity contribution is 5.89. The standard InChI is InChI=1S/C16H25N3O2/c1-3-12-6-5-9-17-15(12)11-18-16(20)19-13-7-4-8-14(10-13)21-2/h4,7-8,10,12,15,17H,3,5-6,9,11H2,1-2H3,(H2,18,19,20). The van der Waals surface area contributed by atoms with Gasteiger partial charge in [0.1, 0.15) is 5.75 Å². The van der Waals surface area contributed by atoms with Crippen molar-refractivity contribution in [2.75, 3.05) is 25.5 Å². The van der Waals surface area contributed by atoms with Crippen molar-refractivity contribution in [2.24, 2.45) is 5.92 Å². The third-order valence-electron chi connectivity index (χ3n) is 4.06. The lowest BCUT2D eigenvalue weighted by Gasteiger charge is -2.32. The molecular weight excluding hydrogens is 266 g/mol. The molecule has 1 aliphatic rings. The van der Waals surface area contributed by atoms with Gasteiger partial charge in [-0.25, -0.2) is 4.79 Å². The molecule has 2 rings (SSSR count). The second-order valence-corrected chi connectivity index (χ2v) is 5.44. The summed E-state index contributed by atoms with van der Waals surface area (Å²) < 4.78 is 5.14. The Morgan fingerprint density at radius 1 is 1.48 bits per heavy atom. The Morgan fingerprint density at radius 3 is 3.10 bits per heavy atom. The van der Waals surface area contributed by atoms with Gasteiger partial charge in [0.25, 0.3) is 0 Å². The van der Waals surface area contributed by atoms with E-state index in [1.165, 1.54) is 12.8 Å². The number of rotatable bonds is 5. The van der Waals surface area contributed by atoms with E-state index in [1.807, 2.05) is 18.2 Å². The summed E-state index contributed by atoms with van der Waals surface area (Å²) in [6.45, 7) is 3.91. The highest BCUT2D eigenvalue weighted by Crippen LogP contribution is 2.19. The fourth-order valence-electron chi connectivity index (χ4n) is 2.83. The summed E-state index contributed by atoms with van der Waals surface area (Å²) >= 11 is 0. The molecule has 21 heavy (non-hydrogen) atoms. The van der Waals surface area contributed by atoms with E-state index in [1.54, 1.807) is 13.2 Å². The molecule has 1 fully saturated rings. The predicted octanol–water partition coefficient (Wildman–Crippen LogP) is 2.59. The second-order valence-electron chi connectivity index (χ2n) is 5.44. The Balaban J connectivity index is 1.81. The molecule has 116 valence electrons. The van der Waals surface area contributed by atoms with Crippen LogP contribution in [-0.2, 0) is 0 Å². The first-order valence-electron chi connectivity index (χ1n) is 7.65. The first kappa shape index (κ1) is 15.6. The summed E-state index contributed by atoms with van der Waals surface area (Å²) in [5.41, 5.74) is 0.732. The average Bonchev–Trinajstić information content (AvgIpc) is 2.53. The van der Waals surface area contributed by atoms with Crippen molar-refractivity contribution in [2.45, 2.75) is 32.2 Å². The molecular formula is C16H25N3O2. The number of nitrogens with one attached hydrogen (secondary N) is 3. The average molecular weight is 291 g/mol. The minimum Gasteiger partial charge on any atom is -0.497 e. The van der Waals surface area contributed by atoms with Crippen LogP contribution in [0.1, 0.15) is 26.2 Å². The van der Waals surface area contributed by atoms with Crippen molar-refractivity contribution in [3.63, 3.8) is 0 Å². The van der Waals surface area contributed by atoms with Crippen molar-refractivity contribution in [3.8, 4) is 5.75 Å². The van der Waals surface area contributed by atoms with Gasteiger partial charge in [-0.2, -0.15) is 0 Å². The van der Waals surface area contributed by atoms with Crippen molar-refractivity contribution >= 4 is 11.7 Å². The molecule has 2 amide bonds. The molecule has 1 aromatic carbocycles. The Labute approximate surface area is 126 Å². The van der Waals surface area contributed by atoms with Gasteiger partial charge < -0.3 is 20.7 Å². The molecule has 1 aromatic rings. The van der Waals surface area contributed by atoms with Crippen LogP contribution in [0.3, 0.4) is 0 Å². The summed E-state index contributed by atoms with van der Waals surface area (Å²) in [5.74, 6) is 1.38. The van der Waals surface area contributed by atoms with Crippen LogP contribution in [0.25, 0.3) is 0 Å². The number of urea groups is 1. The van der Waals surface area contributed by atoms with E-state index in [0.717, 1.165) is 24.4 Å². The van der Waals surface area contributed by atoms with Crippen LogP contribution in [0.4, 0.5) is 10.5 Å². The van der Waals surface area contributed by atoms with Crippen LogP contribution >= 0.6 is 0 Å². The van der Waals surface area contributed by atoms with E-state index in [2.05, 4.69) is 22.9 Å². The van der Waals surface area contributed by atoms with E-state index in [0.29, 0.717) is 18.5 Å². The molecule has 1 saturated heterocycles. The van der Waals surface area contributed by atoms with Gasteiger partial charge in [-0.15, -0.1) is 0 Å². The number of hydrogen-bond acceptors (Lipinski definition) is 3. The van der Waals surface area contributed by atoms with Crippen molar-refractivity contribution in [3.05, 3.63) is 24.3 Å². The smallest absolute Gasteiger partial charge is 0.319 e. The number of anilines is 1. The minimum absolute atomic E-state index is 0.175. The lowest BCUT2D eigenvalue weighted by molar-refractivity contribution is 0.239. The van der Waals surface area contributed by atoms with E-state index < -0.39 is 0 Å². The van der Waals surface area contributed by atoms with Gasteiger partial charge in [-0.05, 0) is 37.4 Å². The molecule has 0 aliphatic carbocycles. The van der Waals surface area contributed by atoms with E-state index in [9.17, 15) is 4.79 Å². The molecule has 0 bridgehead atoms. The number of benzene rings is 1. The van der Waals surface area contributed by atoms with Gasteiger partial charge in [0.05, 0.1) is 7.11 Å². The molecule has 5 heteroatoms. The maximum Gasteiger partial charge on any atom is 0.319 e. The summed E-state index contributed by atoms with van der Waals surface area (Å²) in [6.07, 6.45) is 3.62. The van der Waals surface area contributed by atoms with Crippen LogP contribution in [0.2, 0.25) is 0 Å². The van der Waals surface area contributed by atoms with Gasteiger partial charge >= 0.3 is 6.03 Å². The monoisotopic (exact) mass is 291 g/mol. The van der Waals surface area contributed by atoms with Gasteiger partial charge in [-0.3, -0.25) is 0 Å². The summed E-state index contributed by atoms with van der Waals surface area (Å²) in [4.78, 5) is 12.0. The van der Waals surface area contributed by atoms with Gasteiger partial charge in [-0.1, -0.05) is 19.4 Å². The fraction of sp³-hybridized carbons (Fsp3) is 0.562. The quantitative estimate of drug-likeness (QED) is 0.781. The maximum absolute atomic E-state index is 12.0. The van der Waals surface area contributed by atoms with Crippen LogP contribution < -0.4 is 20.7 Å². The predicted molar refractivity (Wildman–Crippen MR) is 84.8 cm³/mol. The number of carbonyl (C=O) groups is 1. The summed E-state index contributed by atoms with van der Waals surface area (Å²) in [5, 5.41) is 9.28. The number of carbonyl (C=O) groups excluding carboxylic acids is 1. The number of amides is 2. The Bertz CT molecular complexity index is 465. The Hall–Kier alpha value is -1.75. The topological polar surface area (TPSA) is 62.4 Å². The number of methoxy groups -OCH3 is 1. The normalized spacial score (nSPS) is 21.6. The number of piperidine rings is 1. The Kier molecular flexibility index (Phi) is 5.87. The van der Waals surface area contributed by atoms with Gasteiger partial charge in [0.15, 0.2) is 0 Å². The van der Waals surface area contributed by atoms with Gasteiger partial charge in [0, 0.05) is 24.3 Å². The van der Waals surface area contributed by atoms with Crippen molar-refractivity contribution in [1.29, 1.82) is 0 Å². The molecule has 2 atom stereocenters. The molecule has 1 heterocycles. The van der Waals surface area contributed by atoms with Crippen molar-refractivity contribution < 1.29 is 9.53 Å². The summed E-state index contributed by atoms with van der Waals surface area (Å²) in [6, 6.07) is 7.54. The fourth-order valence-corrected chi connectivity index (χ4v) is 2.83. The highest BCUT2D eigenvalue weighted by Gasteiger charge is 2.23. The first-order chi connectivity index (χ1) is 10.2. The zero-order valence-electron chi connectivity index (χ0n) is 12.8. The summed E-state index contributed by atoms with van der Waals surface area (Å²) in [7, 11) is 1.61. The van der Waals surface area contributed by atoms with Crippen LogP contribution in [0.15, 0.2) is 24.3 Å². The van der Waals surface area contributed by atoms with Gasteiger partial charge in [0.2, 0.25) is 0 Å². The zero-order valence-corrected chi connectivity index (χ0v) is 12.8. The van der Waals surface area contributed by atoms with E-state index >= 15 is 0 Å². The lowest BCUT2D eigenvalue weighted by atomic mass is 9.89. The second kappa shape index (κ2) is 7.88. The van der Waals surface area contributed by atoms with Crippen LogP contribution in [0, 0.1) is 5.92 Å². The first-order valence-corrected chi connectivity index (χ1v) is 7.65. The largest absolute Gasteiger partial charge is 0.497 e. The number of hydrogen-bond donors (Lipinski definition) is 3. The molecule has 0 spiro atoms. The molecule has 0 aromatic heterocycles. The molecule has 2 unspecified atom stereocenters. The maximum atomic E-state index is 12.0. The third-order valence-corrected chi connectivity index (χ3v) is 4.06. The molecule has 1 aliphatic heterocycles. The molecule has 0 radical (unpaired) electrons. The zero-order chi connectivity index (χ0) is 15.1.